The molecule has 1 amide bonds. The maximum Gasteiger partial charge on any atom is 0.303 e. The minimum absolute atomic E-state index is 0.166. The van der Waals surface area contributed by atoms with Gasteiger partial charge in [-0.3, -0.25) is 9.59 Å². The van der Waals surface area contributed by atoms with Gasteiger partial charge in [-0.2, -0.15) is 0 Å². The van der Waals surface area contributed by atoms with Gasteiger partial charge in [-0.05, 0) is 38.5 Å². The zero-order valence-electron chi connectivity index (χ0n) is 10.8. The van der Waals surface area contributed by atoms with Crippen LogP contribution in [0.3, 0.4) is 0 Å². The number of aliphatic carboxylic acids is 1. The molecule has 0 aliphatic carbocycles. The van der Waals surface area contributed by atoms with E-state index < -0.39 is 5.97 Å². The van der Waals surface area contributed by atoms with Crippen LogP contribution in [0.25, 0.3) is 0 Å². The van der Waals surface area contributed by atoms with Crippen molar-refractivity contribution in [2.45, 2.75) is 58.4 Å². The number of carbonyl (C=O) groups excluding carboxylic acids is 1. The van der Waals surface area contributed by atoms with Crippen LogP contribution >= 0.6 is 0 Å². The van der Waals surface area contributed by atoms with E-state index in [0.717, 1.165) is 13.0 Å². The van der Waals surface area contributed by atoms with Crippen LogP contribution < -0.4 is 0 Å². The van der Waals surface area contributed by atoms with Crippen molar-refractivity contribution in [1.29, 1.82) is 0 Å². The third-order valence-electron chi connectivity index (χ3n) is 3.47. The molecular weight excluding hydrogens is 218 g/mol. The van der Waals surface area contributed by atoms with Crippen molar-refractivity contribution < 1.29 is 14.7 Å². The maximum absolute atomic E-state index is 12.0. The summed E-state index contributed by atoms with van der Waals surface area (Å²) >= 11 is 0. The summed E-state index contributed by atoms with van der Waals surface area (Å²) in [6.07, 6.45) is 4.22. The summed E-state index contributed by atoms with van der Waals surface area (Å²) < 4.78 is 0. The number of carbonyl (C=O) groups is 2. The van der Waals surface area contributed by atoms with Gasteiger partial charge in [0.2, 0.25) is 5.91 Å². The highest BCUT2D eigenvalue weighted by molar-refractivity contribution is 5.76. The van der Waals surface area contributed by atoms with Crippen molar-refractivity contribution in [2.75, 3.05) is 6.54 Å². The van der Waals surface area contributed by atoms with Crippen LogP contribution in [0.2, 0.25) is 0 Å². The molecule has 0 aromatic heterocycles. The van der Waals surface area contributed by atoms with Crippen LogP contribution in [0.4, 0.5) is 0 Å². The van der Waals surface area contributed by atoms with E-state index in [9.17, 15) is 9.59 Å². The summed E-state index contributed by atoms with van der Waals surface area (Å²) in [5.41, 5.74) is 0. The van der Waals surface area contributed by atoms with Gasteiger partial charge < -0.3 is 10.0 Å². The van der Waals surface area contributed by atoms with Crippen LogP contribution in [0.5, 0.6) is 0 Å². The quantitative estimate of drug-likeness (QED) is 0.751. The lowest BCUT2D eigenvalue weighted by Crippen LogP contribution is -2.44. The zero-order chi connectivity index (χ0) is 12.8. The molecule has 0 radical (unpaired) electrons. The second kappa shape index (κ2) is 6.62. The highest BCUT2D eigenvalue weighted by Crippen LogP contribution is 2.22. The van der Waals surface area contributed by atoms with E-state index in [1.54, 1.807) is 0 Å². The molecule has 1 N–H and O–H groups in total. The molecule has 0 saturated carbocycles. The van der Waals surface area contributed by atoms with Crippen molar-refractivity contribution >= 4 is 11.9 Å². The van der Waals surface area contributed by atoms with Gasteiger partial charge in [-0.15, -0.1) is 0 Å². The third kappa shape index (κ3) is 4.75. The van der Waals surface area contributed by atoms with Gasteiger partial charge in [0, 0.05) is 25.4 Å². The average molecular weight is 241 g/mol. The van der Waals surface area contributed by atoms with E-state index in [0.29, 0.717) is 31.2 Å². The first kappa shape index (κ1) is 14.0. The Hall–Kier alpha value is -1.06. The molecule has 1 aliphatic heterocycles. The Morgan fingerprint density at radius 1 is 1.18 bits per heavy atom. The van der Waals surface area contributed by atoms with Crippen LogP contribution in [0.1, 0.15) is 52.4 Å². The summed E-state index contributed by atoms with van der Waals surface area (Å²) in [7, 11) is 0. The SMILES string of the molecule is CC1CCC(C)N(C(=O)CCCCC(=O)O)C1. The topological polar surface area (TPSA) is 57.6 Å². The van der Waals surface area contributed by atoms with Crippen LogP contribution in [0, 0.1) is 5.92 Å². The number of unbranched alkanes of at least 4 members (excludes halogenated alkanes) is 1. The fourth-order valence-electron chi connectivity index (χ4n) is 2.33. The lowest BCUT2D eigenvalue weighted by Gasteiger charge is -2.37. The Morgan fingerprint density at radius 2 is 1.82 bits per heavy atom. The van der Waals surface area contributed by atoms with Crippen molar-refractivity contribution in [1.82, 2.24) is 4.90 Å². The number of carboxylic acids is 1. The molecule has 4 nitrogen and oxygen atoms in total. The number of carboxylic acid groups (broad SMARTS) is 1. The fourth-order valence-corrected chi connectivity index (χ4v) is 2.33. The van der Waals surface area contributed by atoms with Crippen LogP contribution in [-0.2, 0) is 9.59 Å². The standard InChI is InChI=1S/C13H23NO3/c1-10-7-8-11(2)14(9-10)12(15)5-3-4-6-13(16)17/h10-11H,3-9H2,1-2H3,(H,16,17). The summed E-state index contributed by atoms with van der Waals surface area (Å²) in [5, 5.41) is 8.51. The smallest absolute Gasteiger partial charge is 0.303 e. The number of amides is 1. The normalized spacial score (nSPS) is 24.7. The van der Waals surface area contributed by atoms with Crippen LogP contribution in [-0.4, -0.2) is 34.5 Å². The molecule has 0 aromatic carbocycles. The van der Waals surface area contributed by atoms with E-state index >= 15 is 0 Å². The first-order chi connectivity index (χ1) is 8.00. The molecule has 2 unspecified atom stereocenters. The average Bonchev–Trinajstić information content (AvgIpc) is 2.27. The van der Waals surface area contributed by atoms with E-state index in [4.69, 9.17) is 5.11 Å². The fraction of sp³-hybridized carbons (Fsp3) is 0.846. The molecule has 1 aliphatic rings. The van der Waals surface area contributed by atoms with E-state index in [1.807, 2.05) is 4.90 Å². The number of nitrogens with zero attached hydrogens (tertiary/aromatic N) is 1. The molecular formula is C13H23NO3. The van der Waals surface area contributed by atoms with Crippen molar-refractivity contribution in [2.24, 2.45) is 5.92 Å². The molecule has 1 saturated heterocycles. The second-order valence-electron chi connectivity index (χ2n) is 5.18. The molecule has 4 heteroatoms. The predicted octanol–water partition coefficient (Wildman–Crippen LogP) is 2.28. The Kier molecular flexibility index (Phi) is 5.45. The van der Waals surface area contributed by atoms with Crippen molar-refractivity contribution in [3.8, 4) is 0 Å². The Balaban J connectivity index is 2.28. The van der Waals surface area contributed by atoms with E-state index in [-0.39, 0.29) is 12.3 Å². The Bertz CT molecular complexity index is 278. The van der Waals surface area contributed by atoms with Crippen LogP contribution in [0.15, 0.2) is 0 Å². The summed E-state index contributed by atoms with van der Waals surface area (Å²) in [5.74, 6) is 0.000945. The van der Waals surface area contributed by atoms with Gasteiger partial charge in [0.25, 0.3) is 0 Å². The number of piperidine rings is 1. The molecule has 0 spiro atoms. The molecule has 1 heterocycles. The molecule has 0 aromatic rings. The largest absolute Gasteiger partial charge is 0.481 e. The summed E-state index contributed by atoms with van der Waals surface area (Å²) in [6, 6.07) is 0.346. The minimum Gasteiger partial charge on any atom is -0.481 e. The monoisotopic (exact) mass is 241 g/mol. The number of hydrogen-bond acceptors (Lipinski definition) is 2. The molecule has 2 atom stereocenters. The number of likely N-dealkylation sites (tertiary alicyclic amines) is 1. The molecule has 17 heavy (non-hydrogen) atoms. The lowest BCUT2D eigenvalue weighted by atomic mass is 9.94. The molecule has 1 rings (SSSR count). The first-order valence-electron chi connectivity index (χ1n) is 6.52. The Morgan fingerprint density at radius 3 is 2.47 bits per heavy atom. The molecule has 0 bridgehead atoms. The van der Waals surface area contributed by atoms with Crippen molar-refractivity contribution in [3.63, 3.8) is 0 Å². The summed E-state index contributed by atoms with van der Waals surface area (Å²) in [4.78, 5) is 24.3. The van der Waals surface area contributed by atoms with E-state index in [2.05, 4.69) is 13.8 Å². The highest BCUT2D eigenvalue weighted by Gasteiger charge is 2.26. The lowest BCUT2D eigenvalue weighted by molar-refractivity contribution is -0.138. The van der Waals surface area contributed by atoms with E-state index in [1.165, 1.54) is 6.42 Å². The van der Waals surface area contributed by atoms with Gasteiger partial charge >= 0.3 is 5.97 Å². The second-order valence-corrected chi connectivity index (χ2v) is 5.18. The zero-order valence-corrected chi connectivity index (χ0v) is 10.8. The Labute approximate surface area is 103 Å². The van der Waals surface area contributed by atoms with Gasteiger partial charge in [0.15, 0.2) is 0 Å². The maximum atomic E-state index is 12.0. The predicted molar refractivity (Wildman–Crippen MR) is 65.7 cm³/mol. The summed E-state index contributed by atoms with van der Waals surface area (Å²) in [6.45, 7) is 5.14. The van der Waals surface area contributed by atoms with Gasteiger partial charge in [-0.25, -0.2) is 0 Å². The van der Waals surface area contributed by atoms with Crippen molar-refractivity contribution in [3.05, 3.63) is 0 Å². The van der Waals surface area contributed by atoms with Gasteiger partial charge in [0.1, 0.15) is 0 Å². The minimum atomic E-state index is -0.780. The van der Waals surface area contributed by atoms with Gasteiger partial charge in [-0.1, -0.05) is 6.92 Å². The first-order valence-corrected chi connectivity index (χ1v) is 6.52. The number of hydrogen-bond donors (Lipinski definition) is 1. The molecule has 98 valence electrons. The third-order valence-corrected chi connectivity index (χ3v) is 3.47. The van der Waals surface area contributed by atoms with Gasteiger partial charge in [0.05, 0.1) is 0 Å². The highest BCUT2D eigenvalue weighted by atomic mass is 16.4. The number of rotatable bonds is 5. The molecule has 1 fully saturated rings.